The summed E-state index contributed by atoms with van der Waals surface area (Å²) in [6.07, 6.45) is 1.95. The molecule has 1 aliphatic carbocycles. The normalized spacial score (nSPS) is 21.4. The Morgan fingerprint density at radius 1 is 1.38 bits per heavy atom. The van der Waals surface area contributed by atoms with Crippen LogP contribution in [0.4, 0.5) is 0 Å². The highest BCUT2D eigenvalue weighted by Crippen LogP contribution is 2.36. The highest BCUT2D eigenvalue weighted by atomic mass is 32.2. The summed E-state index contributed by atoms with van der Waals surface area (Å²) in [5.74, 6) is -0.729. The highest BCUT2D eigenvalue weighted by molar-refractivity contribution is 7.91. The number of carbonyl (C=O) groups is 1. The molecule has 5 nitrogen and oxygen atoms in total. The molecule has 0 spiro atoms. The van der Waals surface area contributed by atoms with Gasteiger partial charge in [-0.3, -0.25) is 4.79 Å². The highest BCUT2D eigenvalue weighted by Gasteiger charge is 2.51. The predicted octanol–water partition coefficient (Wildman–Crippen LogP) is -0.239. The maximum absolute atomic E-state index is 11.3. The van der Waals surface area contributed by atoms with Crippen molar-refractivity contribution in [1.29, 1.82) is 0 Å². The first-order chi connectivity index (χ1) is 5.94. The van der Waals surface area contributed by atoms with Gasteiger partial charge in [0.1, 0.15) is 0 Å². The first-order valence-corrected chi connectivity index (χ1v) is 5.59. The van der Waals surface area contributed by atoms with Crippen LogP contribution in [-0.2, 0) is 19.6 Å². The molecule has 6 heteroatoms. The average Bonchev–Trinajstić information content (AvgIpc) is 2.50. The lowest BCUT2D eigenvalue weighted by Gasteiger charge is -2.22. The van der Waals surface area contributed by atoms with E-state index in [1.165, 1.54) is 7.11 Å². The van der Waals surface area contributed by atoms with Crippen LogP contribution in [0, 0.1) is 0 Å². The summed E-state index contributed by atoms with van der Waals surface area (Å²) in [6, 6.07) is 0. The fourth-order valence-corrected chi connectivity index (χ4v) is 2.91. The minimum atomic E-state index is -3.85. The molecule has 0 radical (unpaired) electrons. The third-order valence-corrected chi connectivity index (χ3v) is 4.18. The van der Waals surface area contributed by atoms with Crippen LogP contribution in [0.1, 0.15) is 25.7 Å². The topological polar surface area (TPSA) is 86.5 Å². The molecule has 1 aliphatic rings. The van der Waals surface area contributed by atoms with Crippen LogP contribution in [0.5, 0.6) is 0 Å². The number of methoxy groups -OCH3 is 1. The summed E-state index contributed by atoms with van der Waals surface area (Å²) >= 11 is 0. The molecule has 0 aliphatic heterocycles. The van der Waals surface area contributed by atoms with Gasteiger partial charge in [0.2, 0.25) is 10.0 Å². The number of nitrogens with two attached hydrogens (primary N) is 1. The van der Waals surface area contributed by atoms with Crippen LogP contribution in [0.2, 0.25) is 0 Å². The van der Waals surface area contributed by atoms with Crippen molar-refractivity contribution >= 4 is 16.0 Å². The fourth-order valence-electron chi connectivity index (χ4n) is 1.74. The molecule has 0 aromatic heterocycles. The first kappa shape index (κ1) is 10.5. The van der Waals surface area contributed by atoms with Gasteiger partial charge >= 0.3 is 5.97 Å². The number of hydrogen-bond acceptors (Lipinski definition) is 4. The van der Waals surface area contributed by atoms with E-state index in [1.54, 1.807) is 0 Å². The van der Waals surface area contributed by atoms with Crippen molar-refractivity contribution < 1.29 is 17.9 Å². The van der Waals surface area contributed by atoms with Crippen LogP contribution < -0.4 is 5.14 Å². The largest absolute Gasteiger partial charge is 0.468 e. The Balaban J connectivity index is 3.09. The van der Waals surface area contributed by atoms with Gasteiger partial charge < -0.3 is 4.74 Å². The maximum Gasteiger partial charge on any atom is 0.328 e. The minimum Gasteiger partial charge on any atom is -0.468 e. The van der Waals surface area contributed by atoms with Gasteiger partial charge in [0, 0.05) is 0 Å². The van der Waals surface area contributed by atoms with Crippen molar-refractivity contribution in [2.45, 2.75) is 30.4 Å². The maximum atomic E-state index is 11.3. The second-order valence-corrected chi connectivity index (χ2v) is 5.11. The number of ether oxygens (including phenoxy) is 1. The monoisotopic (exact) mass is 207 g/mol. The Morgan fingerprint density at radius 2 is 1.85 bits per heavy atom. The standard InChI is InChI=1S/C7H13NO4S/c1-12-6(9)7(13(8,10)11)4-2-3-5-7/h2-5H2,1H3,(H2,8,10,11). The lowest BCUT2D eigenvalue weighted by molar-refractivity contribution is -0.143. The molecule has 0 heterocycles. The number of hydrogen-bond donors (Lipinski definition) is 1. The molecule has 0 bridgehead atoms. The van der Waals surface area contributed by atoms with Crippen LogP contribution in [-0.4, -0.2) is 26.2 Å². The van der Waals surface area contributed by atoms with Crippen molar-refractivity contribution in [2.75, 3.05) is 7.11 Å². The quantitative estimate of drug-likeness (QED) is 0.633. The van der Waals surface area contributed by atoms with Crippen LogP contribution in [0.3, 0.4) is 0 Å². The number of carbonyl (C=O) groups excluding carboxylic acids is 1. The van der Waals surface area contributed by atoms with Gasteiger partial charge in [0.05, 0.1) is 7.11 Å². The van der Waals surface area contributed by atoms with Gasteiger partial charge in [-0.2, -0.15) is 0 Å². The SMILES string of the molecule is COC(=O)C1(S(N)(=O)=O)CCCC1. The number of esters is 1. The number of primary sulfonamides is 1. The summed E-state index contributed by atoms with van der Waals surface area (Å²) in [5, 5.41) is 5.02. The molecule has 1 rings (SSSR count). The van der Waals surface area contributed by atoms with Crippen molar-refractivity contribution in [1.82, 2.24) is 0 Å². The van der Waals surface area contributed by atoms with Crippen LogP contribution in [0.25, 0.3) is 0 Å². The molecule has 76 valence electrons. The third-order valence-electron chi connectivity index (χ3n) is 2.51. The van der Waals surface area contributed by atoms with Crippen molar-refractivity contribution in [3.8, 4) is 0 Å². The van der Waals surface area contributed by atoms with Gasteiger partial charge in [0.25, 0.3) is 0 Å². The molecule has 1 fully saturated rings. The van der Waals surface area contributed by atoms with Gasteiger partial charge in [-0.15, -0.1) is 0 Å². The average molecular weight is 207 g/mol. The zero-order valence-electron chi connectivity index (χ0n) is 7.45. The zero-order valence-corrected chi connectivity index (χ0v) is 8.26. The molecule has 0 atom stereocenters. The van der Waals surface area contributed by atoms with E-state index >= 15 is 0 Å². The molecule has 0 aromatic rings. The Hall–Kier alpha value is -0.620. The molecular weight excluding hydrogens is 194 g/mol. The molecule has 2 N–H and O–H groups in total. The third kappa shape index (κ3) is 1.55. The van der Waals surface area contributed by atoms with Crippen molar-refractivity contribution in [3.63, 3.8) is 0 Å². The Bertz CT molecular complexity index is 302. The summed E-state index contributed by atoms with van der Waals surface area (Å²) in [4.78, 5) is 11.3. The van der Waals surface area contributed by atoms with E-state index < -0.39 is 20.7 Å². The molecule has 0 amide bonds. The van der Waals surface area contributed by atoms with Gasteiger partial charge in [-0.1, -0.05) is 12.8 Å². The van der Waals surface area contributed by atoms with Gasteiger partial charge in [-0.05, 0) is 12.8 Å². The molecule has 0 aromatic carbocycles. The van der Waals surface area contributed by atoms with Crippen molar-refractivity contribution in [3.05, 3.63) is 0 Å². The van der Waals surface area contributed by atoms with E-state index in [2.05, 4.69) is 4.74 Å². The summed E-state index contributed by atoms with van der Waals surface area (Å²) in [5.41, 5.74) is 0. The minimum absolute atomic E-state index is 0.276. The number of sulfonamides is 1. The van der Waals surface area contributed by atoms with Crippen LogP contribution in [0.15, 0.2) is 0 Å². The molecule has 0 saturated heterocycles. The Labute approximate surface area is 77.3 Å². The van der Waals surface area contributed by atoms with E-state index in [-0.39, 0.29) is 12.8 Å². The zero-order chi connectivity index (χ0) is 10.1. The van der Waals surface area contributed by atoms with E-state index in [9.17, 15) is 13.2 Å². The lowest BCUT2D eigenvalue weighted by atomic mass is 10.1. The fraction of sp³-hybridized carbons (Fsp3) is 0.857. The molecular formula is C7H13NO4S. The van der Waals surface area contributed by atoms with Gasteiger partial charge in [-0.25, -0.2) is 13.6 Å². The van der Waals surface area contributed by atoms with E-state index in [0.29, 0.717) is 12.8 Å². The smallest absolute Gasteiger partial charge is 0.328 e. The van der Waals surface area contributed by atoms with E-state index in [0.717, 1.165) is 0 Å². The predicted molar refractivity (Wildman–Crippen MR) is 46.3 cm³/mol. The second kappa shape index (κ2) is 3.26. The molecule has 0 unspecified atom stereocenters. The van der Waals surface area contributed by atoms with E-state index in [1.807, 2.05) is 0 Å². The summed E-state index contributed by atoms with van der Waals surface area (Å²) in [6.45, 7) is 0. The van der Waals surface area contributed by atoms with Gasteiger partial charge in [0.15, 0.2) is 4.75 Å². The number of rotatable bonds is 2. The molecule has 1 saturated carbocycles. The lowest BCUT2D eigenvalue weighted by Crippen LogP contribution is -2.48. The second-order valence-electron chi connectivity index (χ2n) is 3.24. The van der Waals surface area contributed by atoms with Crippen LogP contribution >= 0.6 is 0 Å². The molecule has 13 heavy (non-hydrogen) atoms. The van der Waals surface area contributed by atoms with E-state index in [4.69, 9.17) is 5.14 Å². The Kier molecular flexibility index (Phi) is 2.63. The summed E-state index contributed by atoms with van der Waals surface area (Å²) in [7, 11) is -2.68. The van der Waals surface area contributed by atoms with Crippen molar-refractivity contribution in [2.24, 2.45) is 5.14 Å². The Morgan fingerprint density at radius 3 is 2.15 bits per heavy atom. The first-order valence-electron chi connectivity index (χ1n) is 4.05. The summed E-state index contributed by atoms with van der Waals surface area (Å²) < 4.78 is 25.5.